The standard InChI is InChI=1S/C7H4Cl2F.BrH.Zn/c1-4-6(8)2-5(10)3-7(4)9;;/h2-3H,1H2;1H;/q-1;;+2/p-1. The zero-order chi connectivity index (χ0) is 9.72. The van der Waals surface area contributed by atoms with E-state index in [4.69, 9.17) is 23.2 Å². The van der Waals surface area contributed by atoms with Crippen molar-refractivity contribution < 1.29 is 20.7 Å². The van der Waals surface area contributed by atoms with Gasteiger partial charge in [-0.1, -0.05) is 22.2 Å². The first kappa shape index (κ1) is 12.7. The normalized spacial score (nSPS) is 8.83. The predicted molar refractivity (Wildman–Crippen MR) is 49.8 cm³/mol. The third-order valence-corrected chi connectivity index (χ3v) is 1.78. The molecule has 5 heteroatoms. The molecular weight excluding hydrogens is 319 g/mol. The summed E-state index contributed by atoms with van der Waals surface area (Å²) in [6.45, 7) is 3.53. The van der Waals surface area contributed by atoms with Crippen LogP contribution in [0.2, 0.25) is 10.0 Å². The molecule has 1 rings (SSSR count). The van der Waals surface area contributed by atoms with Crippen molar-refractivity contribution in [3.8, 4) is 0 Å². The molecule has 0 spiro atoms. The van der Waals surface area contributed by atoms with Crippen LogP contribution in [0.15, 0.2) is 12.1 Å². The van der Waals surface area contributed by atoms with Gasteiger partial charge in [-0.2, -0.15) is 35.7 Å². The van der Waals surface area contributed by atoms with Gasteiger partial charge in [-0.15, -0.1) is 0 Å². The van der Waals surface area contributed by atoms with Gasteiger partial charge in [-0.3, -0.25) is 0 Å². The van der Waals surface area contributed by atoms with Crippen LogP contribution in [0.4, 0.5) is 4.39 Å². The van der Waals surface area contributed by atoms with Gasteiger partial charge in [0, 0.05) is 0 Å². The Balaban J connectivity index is 0.000000561. The Morgan fingerprint density at radius 2 is 1.58 bits per heavy atom. The van der Waals surface area contributed by atoms with Gasteiger partial charge in [0.15, 0.2) is 0 Å². The van der Waals surface area contributed by atoms with Crippen molar-refractivity contribution in [1.29, 1.82) is 0 Å². The molecule has 0 radical (unpaired) electrons. The Kier molecular flexibility index (Phi) is 6.57. The molecular formula is C7H4BrCl2FZn. The Hall–Kier alpha value is 0.703. The van der Waals surface area contributed by atoms with E-state index in [0.717, 1.165) is 0 Å². The SMILES string of the molecule is [CH2-]c1c(Cl)cc(F)cc1Cl.[Zn+][Br]. The molecule has 0 unspecified atom stereocenters. The molecule has 0 bridgehead atoms. The van der Waals surface area contributed by atoms with Gasteiger partial charge in [0.1, 0.15) is 5.82 Å². The molecule has 0 saturated heterocycles. The summed E-state index contributed by atoms with van der Waals surface area (Å²) in [5.41, 5.74) is 0.463. The molecule has 0 fully saturated rings. The molecule has 0 aromatic heterocycles. The molecule has 0 amide bonds. The zero-order valence-corrected chi connectivity index (χ0v) is 12.1. The minimum atomic E-state index is -0.442. The first-order chi connectivity index (χ1) is 5.61. The van der Waals surface area contributed by atoms with Crippen molar-refractivity contribution in [2.24, 2.45) is 0 Å². The third kappa shape index (κ3) is 3.61. The van der Waals surface area contributed by atoms with E-state index in [0.29, 0.717) is 5.56 Å². The van der Waals surface area contributed by atoms with E-state index in [1.165, 1.54) is 28.5 Å². The van der Waals surface area contributed by atoms with E-state index in [1.54, 1.807) is 0 Å². The van der Waals surface area contributed by atoms with Crippen LogP contribution in [0.5, 0.6) is 0 Å². The van der Waals surface area contributed by atoms with E-state index in [-0.39, 0.29) is 10.0 Å². The molecule has 0 saturated carbocycles. The van der Waals surface area contributed by atoms with Crippen molar-refractivity contribution >= 4 is 36.8 Å². The van der Waals surface area contributed by atoms with Crippen LogP contribution in [-0.2, 0) is 16.3 Å². The van der Waals surface area contributed by atoms with Crippen LogP contribution in [0.1, 0.15) is 5.56 Å². The summed E-state index contributed by atoms with van der Waals surface area (Å²) in [7, 11) is 0. The van der Waals surface area contributed by atoms with Crippen molar-refractivity contribution in [3.63, 3.8) is 0 Å². The summed E-state index contributed by atoms with van der Waals surface area (Å²) in [5, 5.41) is 0.509. The quantitative estimate of drug-likeness (QED) is 0.497. The first-order valence-corrected chi connectivity index (χ1v) is 10.5. The summed E-state index contributed by atoms with van der Waals surface area (Å²) in [6.07, 6.45) is 0. The second-order valence-electron chi connectivity index (χ2n) is 1.85. The molecule has 0 N–H and O–H groups in total. The Morgan fingerprint density at radius 3 is 1.92 bits per heavy atom. The third-order valence-electron chi connectivity index (χ3n) is 1.11. The first-order valence-electron chi connectivity index (χ1n) is 2.84. The molecule has 0 heterocycles. The van der Waals surface area contributed by atoms with Gasteiger partial charge in [0.25, 0.3) is 0 Å². The van der Waals surface area contributed by atoms with Gasteiger partial charge in [-0.25, -0.2) is 4.39 Å². The monoisotopic (exact) mass is 320 g/mol. The van der Waals surface area contributed by atoms with Gasteiger partial charge < -0.3 is 0 Å². The zero-order valence-electron chi connectivity index (χ0n) is 6.08. The average molecular weight is 323 g/mol. The second-order valence-corrected chi connectivity index (χ2v) is 2.66. The van der Waals surface area contributed by atoms with E-state index >= 15 is 0 Å². The number of rotatable bonds is 0. The Bertz CT molecular complexity index is 245. The van der Waals surface area contributed by atoms with Crippen LogP contribution < -0.4 is 0 Å². The molecule has 0 aliphatic heterocycles. The van der Waals surface area contributed by atoms with Crippen molar-refractivity contribution in [1.82, 2.24) is 0 Å². The van der Waals surface area contributed by atoms with Crippen LogP contribution in [0.25, 0.3) is 0 Å². The molecule has 12 heavy (non-hydrogen) atoms. The summed E-state index contributed by atoms with van der Waals surface area (Å²) < 4.78 is 12.4. The van der Waals surface area contributed by atoms with E-state index in [1.807, 2.05) is 0 Å². The Morgan fingerprint density at radius 1 is 1.25 bits per heavy atom. The molecule has 0 atom stereocenters. The van der Waals surface area contributed by atoms with Crippen molar-refractivity contribution in [2.75, 3.05) is 0 Å². The second kappa shape index (κ2) is 6.20. The minimum absolute atomic E-state index is 0.255. The van der Waals surface area contributed by atoms with Gasteiger partial charge in [0.05, 0.1) is 0 Å². The maximum absolute atomic E-state index is 12.4. The molecule has 0 aliphatic rings. The summed E-state index contributed by atoms with van der Waals surface area (Å²) in [5.74, 6) is -0.442. The van der Waals surface area contributed by atoms with E-state index in [2.05, 4.69) is 20.5 Å². The molecule has 62 valence electrons. The predicted octanol–water partition coefficient (Wildman–Crippen LogP) is 4.16. The molecule has 0 aliphatic carbocycles. The van der Waals surface area contributed by atoms with Gasteiger partial charge in [-0.05, 0) is 0 Å². The van der Waals surface area contributed by atoms with E-state index < -0.39 is 5.82 Å². The summed E-state index contributed by atoms with van der Waals surface area (Å²) >= 11 is 15.3. The maximum atomic E-state index is 12.4. The van der Waals surface area contributed by atoms with E-state index in [9.17, 15) is 4.39 Å². The number of benzene rings is 1. The fourth-order valence-corrected chi connectivity index (χ4v) is 1.03. The van der Waals surface area contributed by atoms with Crippen molar-refractivity contribution in [3.05, 3.63) is 40.5 Å². The fraction of sp³-hybridized carbons (Fsp3) is 0. The number of hydrogen-bond acceptors (Lipinski definition) is 0. The van der Waals surface area contributed by atoms with Gasteiger partial charge in [0.2, 0.25) is 0 Å². The van der Waals surface area contributed by atoms with Crippen LogP contribution >= 0.6 is 36.8 Å². The van der Waals surface area contributed by atoms with Crippen molar-refractivity contribution in [2.45, 2.75) is 0 Å². The molecule has 0 nitrogen and oxygen atoms in total. The van der Waals surface area contributed by atoms with Crippen LogP contribution in [0, 0.1) is 12.7 Å². The van der Waals surface area contributed by atoms with Crippen LogP contribution in [-0.4, -0.2) is 0 Å². The number of halogens is 4. The van der Waals surface area contributed by atoms with Gasteiger partial charge >= 0.3 is 30.0 Å². The van der Waals surface area contributed by atoms with Crippen LogP contribution in [0.3, 0.4) is 0 Å². The fourth-order valence-electron chi connectivity index (χ4n) is 0.572. The summed E-state index contributed by atoms with van der Waals surface area (Å²) in [4.78, 5) is 0. The summed E-state index contributed by atoms with van der Waals surface area (Å²) in [6, 6.07) is 2.35. The number of hydrogen-bond donors (Lipinski definition) is 0. The Labute approximate surface area is 97.5 Å². The molecule has 1 aromatic carbocycles. The molecule has 1 aromatic rings. The topological polar surface area (TPSA) is 0 Å². The average Bonchev–Trinajstić information content (AvgIpc) is 2.04.